The maximum Gasteiger partial charge on any atom is 0.404 e. The van der Waals surface area contributed by atoms with Crippen LogP contribution in [-0.4, -0.2) is 22.3 Å². The van der Waals surface area contributed by atoms with Gasteiger partial charge in [0.2, 0.25) is 0 Å². The molecular formula is C16H19N3O3. The molecule has 1 aromatic heterocycles. The lowest BCUT2D eigenvalue weighted by Crippen LogP contribution is -2.25. The number of carbonyl (C=O) groups is 1. The number of nitrogens with two attached hydrogens (primary N) is 1. The molecule has 2 aromatic rings. The molecular weight excluding hydrogens is 282 g/mol. The Balaban J connectivity index is 1.96. The van der Waals surface area contributed by atoms with E-state index in [0.717, 1.165) is 29.7 Å². The van der Waals surface area contributed by atoms with Gasteiger partial charge in [0.25, 0.3) is 5.56 Å². The second-order valence-electron chi connectivity index (χ2n) is 5.67. The average Bonchev–Trinajstić information content (AvgIpc) is 3.28. The third-order valence-electron chi connectivity index (χ3n) is 3.91. The number of fused-ring (bicyclic) bond motifs is 1. The van der Waals surface area contributed by atoms with E-state index in [1.165, 1.54) is 0 Å². The van der Waals surface area contributed by atoms with Crippen LogP contribution in [0.4, 0.5) is 4.79 Å². The SMILES string of the molecule is Cc1cccc2nc(CCCOC(N)=O)n(C3CC3)c(=O)c12. The molecule has 1 aromatic carbocycles. The van der Waals surface area contributed by atoms with Crippen LogP contribution in [0.15, 0.2) is 23.0 Å². The van der Waals surface area contributed by atoms with Crippen LogP contribution < -0.4 is 11.3 Å². The fourth-order valence-electron chi connectivity index (χ4n) is 2.74. The standard InChI is InChI=1S/C16H19N3O3/c1-10-4-2-5-12-14(10)15(20)19(11-7-8-11)13(18-12)6-3-9-22-16(17)21/h2,4-5,11H,3,6-9H2,1H3,(H2,17,21). The lowest BCUT2D eigenvalue weighted by Gasteiger charge is -2.13. The van der Waals surface area contributed by atoms with Crippen molar-refractivity contribution in [2.24, 2.45) is 5.73 Å². The van der Waals surface area contributed by atoms with Crippen molar-refractivity contribution in [2.75, 3.05) is 6.61 Å². The Bertz CT molecular complexity index is 778. The van der Waals surface area contributed by atoms with Crippen molar-refractivity contribution in [2.45, 2.75) is 38.6 Å². The summed E-state index contributed by atoms with van der Waals surface area (Å²) in [6.07, 6.45) is 2.44. The molecule has 22 heavy (non-hydrogen) atoms. The molecule has 1 aliphatic rings. The molecule has 0 saturated heterocycles. The third-order valence-corrected chi connectivity index (χ3v) is 3.91. The van der Waals surface area contributed by atoms with Gasteiger partial charge in [-0.25, -0.2) is 9.78 Å². The monoisotopic (exact) mass is 301 g/mol. The average molecular weight is 301 g/mol. The molecule has 3 rings (SSSR count). The summed E-state index contributed by atoms with van der Waals surface area (Å²) < 4.78 is 6.56. The molecule has 6 nitrogen and oxygen atoms in total. The van der Waals surface area contributed by atoms with Crippen molar-refractivity contribution in [3.63, 3.8) is 0 Å². The fraction of sp³-hybridized carbons (Fsp3) is 0.438. The summed E-state index contributed by atoms with van der Waals surface area (Å²) in [5.41, 5.74) is 6.66. The zero-order chi connectivity index (χ0) is 15.7. The first-order valence-corrected chi connectivity index (χ1v) is 7.51. The summed E-state index contributed by atoms with van der Waals surface area (Å²) in [6.45, 7) is 2.17. The van der Waals surface area contributed by atoms with Crippen LogP contribution in [0.2, 0.25) is 0 Å². The third kappa shape index (κ3) is 2.81. The number of ether oxygens (including phenoxy) is 1. The van der Waals surface area contributed by atoms with Crippen molar-refractivity contribution < 1.29 is 9.53 Å². The first kappa shape index (κ1) is 14.6. The van der Waals surface area contributed by atoms with Crippen LogP contribution in [-0.2, 0) is 11.2 Å². The van der Waals surface area contributed by atoms with E-state index in [0.29, 0.717) is 18.2 Å². The Morgan fingerprint density at radius 2 is 2.23 bits per heavy atom. The predicted octanol–water partition coefficient (Wildman–Crippen LogP) is 2.07. The summed E-state index contributed by atoms with van der Waals surface area (Å²) in [5, 5.41) is 0.700. The van der Waals surface area contributed by atoms with Crippen molar-refractivity contribution in [3.8, 4) is 0 Å². The molecule has 1 saturated carbocycles. The van der Waals surface area contributed by atoms with E-state index in [9.17, 15) is 9.59 Å². The van der Waals surface area contributed by atoms with Gasteiger partial charge in [0.1, 0.15) is 5.82 Å². The normalized spacial score (nSPS) is 14.2. The smallest absolute Gasteiger partial charge is 0.404 e. The van der Waals surface area contributed by atoms with Gasteiger partial charge in [0.05, 0.1) is 17.5 Å². The quantitative estimate of drug-likeness (QED) is 0.856. The van der Waals surface area contributed by atoms with Crippen molar-refractivity contribution >= 4 is 17.0 Å². The van der Waals surface area contributed by atoms with E-state index in [1.807, 2.05) is 29.7 Å². The molecule has 1 fully saturated rings. The molecule has 1 heterocycles. The summed E-state index contributed by atoms with van der Waals surface area (Å²) in [5.74, 6) is 0.763. The topological polar surface area (TPSA) is 87.2 Å². The lowest BCUT2D eigenvalue weighted by molar-refractivity contribution is 0.155. The predicted molar refractivity (Wildman–Crippen MR) is 82.9 cm³/mol. The molecule has 2 N–H and O–H groups in total. The Labute approximate surface area is 127 Å². The zero-order valence-electron chi connectivity index (χ0n) is 12.5. The molecule has 1 amide bonds. The van der Waals surface area contributed by atoms with Gasteiger partial charge in [-0.05, 0) is 37.8 Å². The minimum Gasteiger partial charge on any atom is -0.450 e. The Kier molecular flexibility index (Phi) is 3.83. The van der Waals surface area contributed by atoms with Gasteiger partial charge in [-0.15, -0.1) is 0 Å². The first-order valence-electron chi connectivity index (χ1n) is 7.51. The van der Waals surface area contributed by atoms with E-state index < -0.39 is 6.09 Å². The van der Waals surface area contributed by atoms with Crippen LogP contribution in [0.5, 0.6) is 0 Å². The Morgan fingerprint density at radius 1 is 1.45 bits per heavy atom. The number of aromatic nitrogens is 2. The van der Waals surface area contributed by atoms with E-state index >= 15 is 0 Å². The highest BCUT2D eigenvalue weighted by Crippen LogP contribution is 2.35. The number of amides is 1. The van der Waals surface area contributed by atoms with Gasteiger partial charge >= 0.3 is 6.09 Å². The molecule has 0 spiro atoms. The number of hydrogen-bond donors (Lipinski definition) is 1. The molecule has 0 unspecified atom stereocenters. The van der Waals surface area contributed by atoms with Gasteiger partial charge in [-0.3, -0.25) is 9.36 Å². The maximum atomic E-state index is 12.8. The first-order chi connectivity index (χ1) is 10.6. The molecule has 1 aliphatic carbocycles. The van der Waals surface area contributed by atoms with E-state index in [1.54, 1.807) is 0 Å². The maximum absolute atomic E-state index is 12.8. The largest absolute Gasteiger partial charge is 0.450 e. The summed E-state index contributed by atoms with van der Waals surface area (Å²) in [7, 11) is 0. The van der Waals surface area contributed by atoms with Crippen molar-refractivity contribution in [1.29, 1.82) is 0 Å². The number of hydrogen-bond acceptors (Lipinski definition) is 4. The highest BCUT2D eigenvalue weighted by molar-refractivity contribution is 5.81. The molecule has 116 valence electrons. The number of primary amides is 1. The van der Waals surface area contributed by atoms with Crippen molar-refractivity contribution in [3.05, 3.63) is 39.9 Å². The van der Waals surface area contributed by atoms with Crippen LogP contribution in [0, 0.1) is 6.92 Å². The minimum atomic E-state index is -0.776. The van der Waals surface area contributed by atoms with E-state index in [2.05, 4.69) is 4.98 Å². The summed E-state index contributed by atoms with van der Waals surface area (Å²) in [4.78, 5) is 28.1. The number of aryl methyl sites for hydroxylation is 2. The highest BCUT2D eigenvalue weighted by Gasteiger charge is 2.28. The Morgan fingerprint density at radius 3 is 2.91 bits per heavy atom. The fourth-order valence-corrected chi connectivity index (χ4v) is 2.74. The molecule has 0 radical (unpaired) electrons. The van der Waals surface area contributed by atoms with Gasteiger partial charge < -0.3 is 10.5 Å². The van der Waals surface area contributed by atoms with Crippen LogP contribution in [0.25, 0.3) is 10.9 Å². The Hall–Kier alpha value is -2.37. The lowest BCUT2D eigenvalue weighted by atomic mass is 10.1. The zero-order valence-corrected chi connectivity index (χ0v) is 12.5. The summed E-state index contributed by atoms with van der Waals surface area (Å²) >= 11 is 0. The molecule has 0 bridgehead atoms. The summed E-state index contributed by atoms with van der Waals surface area (Å²) in [6, 6.07) is 5.97. The number of rotatable bonds is 5. The molecule has 0 atom stereocenters. The molecule has 6 heteroatoms. The van der Waals surface area contributed by atoms with Gasteiger partial charge in [0.15, 0.2) is 0 Å². The van der Waals surface area contributed by atoms with Crippen molar-refractivity contribution in [1.82, 2.24) is 9.55 Å². The second kappa shape index (κ2) is 5.79. The molecule has 0 aliphatic heterocycles. The number of carbonyl (C=O) groups excluding carboxylic acids is 1. The number of nitrogens with zero attached hydrogens (tertiary/aromatic N) is 2. The van der Waals surface area contributed by atoms with E-state index in [-0.39, 0.29) is 18.2 Å². The van der Waals surface area contributed by atoms with E-state index in [4.69, 9.17) is 10.5 Å². The van der Waals surface area contributed by atoms with Crippen LogP contribution in [0.3, 0.4) is 0 Å². The van der Waals surface area contributed by atoms with Gasteiger partial charge in [-0.1, -0.05) is 12.1 Å². The van der Waals surface area contributed by atoms with Crippen LogP contribution in [0.1, 0.15) is 36.7 Å². The number of benzene rings is 1. The van der Waals surface area contributed by atoms with Gasteiger partial charge in [-0.2, -0.15) is 0 Å². The van der Waals surface area contributed by atoms with Gasteiger partial charge in [0, 0.05) is 12.5 Å². The highest BCUT2D eigenvalue weighted by atomic mass is 16.5. The second-order valence-corrected chi connectivity index (χ2v) is 5.67. The van der Waals surface area contributed by atoms with Crippen LogP contribution >= 0.6 is 0 Å². The minimum absolute atomic E-state index is 0.0384.